The smallest absolute Gasteiger partial charge is 0.315 e. The van der Waals surface area contributed by atoms with E-state index in [1.165, 1.54) is 18.6 Å². The van der Waals surface area contributed by atoms with E-state index in [0.29, 0.717) is 0 Å². The molecule has 0 bridgehead atoms. The minimum Gasteiger partial charge on any atom is -0.388 e. The van der Waals surface area contributed by atoms with E-state index in [9.17, 15) is 24.2 Å². The highest BCUT2D eigenvalue weighted by Gasteiger charge is 2.43. The molecule has 166 valence electrons. The number of rotatable bonds is 7. The predicted octanol–water partition coefficient (Wildman–Crippen LogP) is 0.953. The second-order valence-electron chi connectivity index (χ2n) is 7.99. The summed E-state index contributed by atoms with van der Waals surface area (Å²) >= 11 is 0. The van der Waals surface area contributed by atoms with Crippen LogP contribution in [0.3, 0.4) is 0 Å². The molecule has 0 aromatic heterocycles. The number of aliphatic hydroxyl groups excluding tert-OH is 2. The highest BCUT2D eigenvalue weighted by Crippen LogP contribution is 2.23. The maximum absolute atomic E-state index is 12.9. The molecule has 1 aliphatic carbocycles. The average Bonchev–Trinajstić information content (AvgIpc) is 3.00. The lowest BCUT2D eigenvalue weighted by molar-refractivity contribution is -0.125. The number of hydrogen-bond donors (Lipinski definition) is 5. The first-order valence-corrected chi connectivity index (χ1v) is 10.5. The topological polar surface area (TPSA) is 120 Å². The van der Waals surface area contributed by atoms with Crippen molar-refractivity contribution in [2.75, 3.05) is 6.54 Å². The summed E-state index contributed by atoms with van der Waals surface area (Å²) in [5, 5.41) is 28.6. The molecule has 0 radical (unpaired) electrons. The number of carbonyl (C=O) groups is 2. The number of benzene rings is 1. The van der Waals surface area contributed by atoms with Crippen LogP contribution in [-0.2, 0) is 16.1 Å². The van der Waals surface area contributed by atoms with Crippen LogP contribution in [0.4, 0.5) is 9.18 Å². The molecule has 1 aromatic rings. The first-order valence-electron chi connectivity index (χ1n) is 10.5. The molecular weight excluding hydrogens is 393 g/mol. The van der Waals surface area contributed by atoms with Crippen LogP contribution >= 0.6 is 0 Å². The molecule has 3 amide bonds. The van der Waals surface area contributed by atoms with E-state index in [-0.39, 0.29) is 43.3 Å². The largest absolute Gasteiger partial charge is 0.388 e. The number of aliphatic hydroxyl groups is 2. The van der Waals surface area contributed by atoms with Gasteiger partial charge in [-0.05, 0) is 30.5 Å². The Morgan fingerprint density at radius 1 is 1.00 bits per heavy atom. The molecule has 1 saturated carbocycles. The lowest BCUT2D eigenvalue weighted by Gasteiger charge is -2.23. The molecule has 0 unspecified atom stereocenters. The van der Waals surface area contributed by atoms with E-state index < -0.39 is 24.4 Å². The quantitative estimate of drug-likeness (QED) is 0.447. The minimum atomic E-state index is -1.23. The van der Waals surface area contributed by atoms with Gasteiger partial charge in [-0.3, -0.25) is 4.79 Å². The van der Waals surface area contributed by atoms with Gasteiger partial charge in [0.1, 0.15) is 24.1 Å². The van der Waals surface area contributed by atoms with Gasteiger partial charge in [-0.15, -0.1) is 0 Å². The lowest BCUT2D eigenvalue weighted by atomic mass is 9.96. The first kappa shape index (κ1) is 22.5. The van der Waals surface area contributed by atoms with Gasteiger partial charge in [0.25, 0.3) is 0 Å². The van der Waals surface area contributed by atoms with E-state index >= 15 is 0 Å². The number of hydrogen-bond acceptors (Lipinski definition) is 5. The fourth-order valence-electron chi connectivity index (χ4n) is 3.90. The van der Waals surface area contributed by atoms with Crippen molar-refractivity contribution in [3.8, 4) is 0 Å². The minimum absolute atomic E-state index is 0.0322. The average molecular weight is 423 g/mol. The van der Waals surface area contributed by atoms with Crippen molar-refractivity contribution in [3.63, 3.8) is 0 Å². The summed E-state index contributed by atoms with van der Waals surface area (Å²) in [6.45, 7) is 0.251. The van der Waals surface area contributed by atoms with Crippen LogP contribution in [0.1, 0.15) is 44.1 Å². The Morgan fingerprint density at radius 2 is 1.67 bits per heavy atom. The molecular formula is C21H30FN3O5. The van der Waals surface area contributed by atoms with Crippen molar-refractivity contribution in [1.82, 2.24) is 16.0 Å². The molecule has 8 nitrogen and oxygen atoms in total. The van der Waals surface area contributed by atoms with Crippen LogP contribution in [0.5, 0.6) is 0 Å². The lowest BCUT2D eigenvalue weighted by Crippen LogP contribution is -2.47. The van der Waals surface area contributed by atoms with Gasteiger partial charge in [-0.25, -0.2) is 9.18 Å². The molecule has 1 aliphatic heterocycles. The second kappa shape index (κ2) is 10.7. The Morgan fingerprint density at radius 3 is 2.37 bits per heavy atom. The second-order valence-corrected chi connectivity index (χ2v) is 7.99. The molecule has 0 spiro atoms. The van der Waals surface area contributed by atoms with Crippen molar-refractivity contribution in [2.45, 2.75) is 75.5 Å². The van der Waals surface area contributed by atoms with Crippen molar-refractivity contribution >= 4 is 11.9 Å². The van der Waals surface area contributed by atoms with E-state index in [2.05, 4.69) is 16.0 Å². The number of carbonyl (C=O) groups excluding carboxylic acids is 2. The van der Waals surface area contributed by atoms with Crippen LogP contribution < -0.4 is 16.0 Å². The van der Waals surface area contributed by atoms with Gasteiger partial charge in [0, 0.05) is 19.1 Å². The Hall–Kier alpha value is -2.23. The summed E-state index contributed by atoms with van der Waals surface area (Å²) in [6, 6.07) is 5.60. The molecule has 1 saturated heterocycles. The van der Waals surface area contributed by atoms with Crippen LogP contribution in [0.2, 0.25) is 0 Å². The molecule has 2 fully saturated rings. The van der Waals surface area contributed by atoms with Crippen LogP contribution in [0, 0.1) is 5.82 Å². The summed E-state index contributed by atoms with van der Waals surface area (Å²) in [5.74, 6) is -0.715. The highest BCUT2D eigenvalue weighted by atomic mass is 19.1. The van der Waals surface area contributed by atoms with Gasteiger partial charge < -0.3 is 30.9 Å². The standard InChI is InChI=1S/C21H30FN3O5/c22-14-8-6-13(7-9-14)11-23-18(26)10-16-19(27)20(28)17(30-16)12-24-21(29)25-15-4-2-1-3-5-15/h6-9,15-17,19-20,27-28H,1-5,10-12H2,(H,23,26)(H2,24,25,29)/t16-,17-,19+,20-/m1/s1. The Bertz CT molecular complexity index is 711. The SMILES string of the molecule is O=C(C[C@H]1O[C@H](CNC(=O)NC2CCCCC2)[C@@H](O)[C@H]1O)NCc1ccc(F)cc1. The molecule has 4 atom stereocenters. The molecule has 3 rings (SSSR count). The molecule has 1 heterocycles. The van der Waals surface area contributed by atoms with Crippen LogP contribution in [0.25, 0.3) is 0 Å². The van der Waals surface area contributed by atoms with Crippen molar-refractivity contribution < 1.29 is 28.9 Å². The predicted molar refractivity (Wildman–Crippen MR) is 107 cm³/mol. The molecule has 5 N–H and O–H groups in total. The third-order valence-corrected chi connectivity index (χ3v) is 5.66. The summed E-state index contributed by atoms with van der Waals surface area (Å²) in [4.78, 5) is 24.2. The number of urea groups is 1. The third-order valence-electron chi connectivity index (χ3n) is 5.66. The maximum Gasteiger partial charge on any atom is 0.315 e. The zero-order valence-corrected chi connectivity index (χ0v) is 16.9. The zero-order valence-electron chi connectivity index (χ0n) is 16.9. The molecule has 2 aliphatic rings. The third kappa shape index (κ3) is 6.38. The number of halogens is 1. The summed E-state index contributed by atoms with van der Waals surface area (Å²) in [7, 11) is 0. The zero-order chi connectivity index (χ0) is 21.5. The van der Waals surface area contributed by atoms with Gasteiger partial charge >= 0.3 is 6.03 Å². The fraction of sp³-hybridized carbons (Fsp3) is 0.619. The Balaban J connectivity index is 1.39. The van der Waals surface area contributed by atoms with Crippen LogP contribution in [0.15, 0.2) is 24.3 Å². The van der Waals surface area contributed by atoms with Crippen molar-refractivity contribution in [1.29, 1.82) is 0 Å². The highest BCUT2D eigenvalue weighted by molar-refractivity contribution is 5.76. The number of ether oxygens (including phenoxy) is 1. The maximum atomic E-state index is 12.9. The van der Waals surface area contributed by atoms with Crippen molar-refractivity contribution in [3.05, 3.63) is 35.6 Å². The molecule has 30 heavy (non-hydrogen) atoms. The van der Waals surface area contributed by atoms with Gasteiger partial charge in [0.05, 0.1) is 12.5 Å². The molecule has 9 heteroatoms. The van der Waals surface area contributed by atoms with E-state index in [0.717, 1.165) is 31.2 Å². The number of nitrogens with one attached hydrogen (secondary N) is 3. The summed E-state index contributed by atoms with van der Waals surface area (Å²) < 4.78 is 18.5. The Labute approximate surface area is 175 Å². The van der Waals surface area contributed by atoms with E-state index in [4.69, 9.17) is 4.74 Å². The normalized spacial score (nSPS) is 26.9. The number of amides is 3. The van der Waals surface area contributed by atoms with Gasteiger partial charge in [-0.2, -0.15) is 0 Å². The fourth-order valence-corrected chi connectivity index (χ4v) is 3.90. The van der Waals surface area contributed by atoms with E-state index in [1.54, 1.807) is 12.1 Å². The Kier molecular flexibility index (Phi) is 8.01. The van der Waals surface area contributed by atoms with Crippen LogP contribution in [-0.4, -0.2) is 59.2 Å². The monoisotopic (exact) mass is 423 g/mol. The first-order chi connectivity index (χ1) is 14.4. The molecule has 1 aromatic carbocycles. The summed E-state index contributed by atoms with van der Waals surface area (Å²) in [6.07, 6.45) is 1.09. The van der Waals surface area contributed by atoms with Gasteiger partial charge in [-0.1, -0.05) is 31.4 Å². The van der Waals surface area contributed by atoms with Gasteiger partial charge in [0.15, 0.2) is 0 Å². The van der Waals surface area contributed by atoms with Crippen molar-refractivity contribution in [2.24, 2.45) is 0 Å². The van der Waals surface area contributed by atoms with Gasteiger partial charge in [0.2, 0.25) is 5.91 Å². The summed E-state index contributed by atoms with van der Waals surface area (Å²) in [5.41, 5.74) is 0.740. The van der Waals surface area contributed by atoms with E-state index in [1.807, 2.05) is 0 Å².